The lowest BCUT2D eigenvalue weighted by molar-refractivity contribution is -0.139. The van der Waals surface area contributed by atoms with Gasteiger partial charge in [-0.1, -0.05) is 18.2 Å². The van der Waals surface area contributed by atoms with E-state index in [4.69, 9.17) is 4.42 Å². The average molecular weight is 406 g/mol. The minimum absolute atomic E-state index is 0.337. The summed E-state index contributed by atoms with van der Waals surface area (Å²) in [5.41, 5.74) is -0.240. The number of rotatable bonds is 3. The van der Waals surface area contributed by atoms with Crippen LogP contribution in [0.4, 0.5) is 23.2 Å². The number of anilines is 1. The fourth-order valence-electron chi connectivity index (χ4n) is 3.55. The minimum Gasteiger partial charge on any atom is -0.422 e. The second kappa shape index (κ2) is 7.51. The molecule has 0 radical (unpaired) electrons. The third-order valence-corrected chi connectivity index (χ3v) is 5.10. The summed E-state index contributed by atoms with van der Waals surface area (Å²) in [6.45, 7) is 2.47. The van der Waals surface area contributed by atoms with Crippen molar-refractivity contribution in [3.05, 3.63) is 75.9 Å². The molecule has 4 rings (SSSR count). The molecule has 8 heteroatoms. The number of fused-ring (bicyclic) bond motifs is 1. The Morgan fingerprint density at radius 1 is 0.966 bits per heavy atom. The van der Waals surface area contributed by atoms with Crippen molar-refractivity contribution < 1.29 is 22.0 Å². The summed E-state index contributed by atoms with van der Waals surface area (Å²) < 4.78 is 57.7. The van der Waals surface area contributed by atoms with E-state index in [9.17, 15) is 22.4 Å². The largest absolute Gasteiger partial charge is 0.422 e. The summed E-state index contributed by atoms with van der Waals surface area (Å²) in [6.07, 6.45) is -4.73. The number of benzene rings is 2. The number of hydrogen-bond donors (Lipinski definition) is 0. The molecule has 0 N–H and O–H groups in total. The van der Waals surface area contributed by atoms with Crippen LogP contribution in [0.2, 0.25) is 0 Å². The predicted molar refractivity (Wildman–Crippen MR) is 101 cm³/mol. The summed E-state index contributed by atoms with van der Waals surface area (Å²) in [4.78, 5) is 16.0. The van der Waals surface area contributed by atoms with Gasteiger partial charge in [0.15, 0.2) is 0 Å². The first-order valence-electron chi connectivity index (χ1n) is 9.17. The molecular weight excluding hydrogens is 388 g/mol. The number of hydrogen-bond acceptors (Lipinski definition) is 4. The van der Waals surface area contributed by atoms with Gasteiger partial charge < -0.3 is 9.32 Å². The molecule has 0 amide bonds. The fraction of sp³-hybridized carbons (Fsp3) is 0.286. The van der Waals surface area contributed by atoms with Gasteiger partial charge >= 0.3 is 11.8 Å². The predicted octanol–water partition coefficient (Wildman–Crippen LogP) is 4.27. The third-order valence-electron chi connectivity index (χ3n) is 5.10. The van der Waals surface area contributed by atoms with Gasteiger partial charge in [0.2, 0.25) is 0 Å². The zero-order valence-electron chi connectivity index (χ0n) is 15.4. The monoisotopic (exact) mass is 406 g/mol. The van der Waals surface area contributed by atoms with Gasteiger partial charge in [0.05, 0.1) is 11.1 Å². The van der Waals surface area contributed by atoms with Crippen molar-refractivity contribution in [3.8, 4) is 0 Å². The maximum absolute atomic E-state index is 13.5. The van der Waals surface area contributed by atoms with Gasteiger partial charge in [-0.05, 0) is 30.3 Å². The molecule has 4 nitrogen and oxygen atoms in total. The van der Waals surface area contributed by atoms with Gasteiger partial charge in [-0.3, -0.25) is 4.90 Å². The lowest BCUT2D eigenvalue weighted by Gasteiger charge is -2.36. The quantitative estimate of drug-likeness (QED) is 0.481. The highest BCUT2D eigenvalue weighted by Gasteiger charge is 2.34. The first-order chi connectivity index (χ1) is 13.8. The van der Waals surface area contributed by atoms with Crippen molar-refractivity contribution in [1.82, 2.24) is 4.90 Å². The molecule has 1 saturated heterocycles. The summed E-state index contributed by atoms with van der Waals surface area (Å²) in [5, 5.41) is 0.840. The molecule has 0 aliphatic carbocycles. The molecule has 3 aromatic rings. The molecule has 1 aliphatic heterocycles. The molecule has 152 valence electrons. The highest BCUT2D eigenvalue weighted by Crippen LogP contribution is 2.34. The van der Waals surface area contributed by atoms with E-state index in [1.165, 1.54) is 6.07 Å². The first-order valence-corrected chi connectivity index (χ1v) is 9.17. The number of para-hydroxylation sites is 1. The number of nitrogens with zero attached hydrogens (tertiary/aromatic N) is 2. The van der Waals surface area contributed by atoms with Crippen LogP contribution in [0.5, 0.6) is 0 Å². The maximum atomic E-state index is 13.5. The summed E-state index contributed by atoms with van der Waals surface area (Å²) in [6, 6.07) is 12.1. The van der Waals surface area contributed by atoms with Crippen molar-refractivity contribution in [2.45, 2.75) is 12.7 Å². The van der Waals surface area contributed by atoms with E-state index < -0.39 is 17.6 Å². The van der Waals surface area contributed by atoms with E-state index in [1.54, 1.807) is 17.0 Å². The zero-order chi connectivity index (χ0) is 20.6. The Hall–Kier alpha value is -2.87. The van der Waals surface area contributed by atoms with Crippen LogP contribution in [-0.4, -0.2) is 31.1 Å². The van der Waals surface area contributed by atoms with E-state index >= 15 is 0 Å². The SMILES string of the molecule is O=c1oc2ccccc2cc1CN1CCN(c2ccc(F)c(C(F)(F)F)c2)CC1. The molecule has 2 heterocycles. The Morgan fingerprint density at radius 3 is 2.41 bits per heavy atom. The van der Waals surface area contributed by atoms with Crippen LogP contribution < -0.4 is 10.5 Å². The Morgan fingerprint density at radius 2 is 1.69 bits per heavy atom. The summed E-state index contributed by atoms with van der Waals surface area (Å²) in [7, 11) is 0. The molecule has 0 saturated carbocycles. The number of halogens is 4. The van der Waals surface area contributed by atoms with Crippen LogP contribution in [0.1, 0.15) is 11.1 Å². The smallest absolute Gasteiger partial charge is 0.419 e. The second-order valence-corrected chi connectivity index (χ2v) is 7.02. The average Bonchev–Trinajstić information content (AvgIpc) is 2.69. The number of alkyl halides is 3. The van der Waals surface area contributed by atoms with Crippen molar-refractivity contribution >= 4 is 16.7 Å². The molecule has 1 fully saturated rings. The van der Waals surface area contributed by atoms with Crippen LogP contribution in [0.25, 0.3) is 11.0 Å². The van der Waals surface area contributed by atoms with Gasteiger partial charge in [-0.15, -0.1) is 0 Å². The Balaban J connectivity index is 1.45. The van der Waals surface area contributed by atoms with Crippen molar-refractivity contribution in [1.29, 1.82) is 0 Å². The summed E-state index contributed by atoms with van der Waals surface area (Å²) >= 11 is 0. The van der Waals surface area contributed by atoms with Crippen LogP contribution >= 0.6 is 0 Å². The van der Waals surface area contributed by atoms with E-state index in [2.05, 4.69) is 0 Å². The van der Waals surface area contributed by atoms with Crippen LogP contribution in [0, 0.1) is 5.82 Å². The van der Waals surface area contributed by atoms with Crippen LogP contribution in [0.3, 0.4) is 0 Å². The highest BCUT2D eigenvalue weighted by atomic mass is 19.4. The minimum atomic E-state index is -4.73. The van der Waals surface area contributed by atoms with Crippen molar-refractivity contribution in [3.63, 3.8) is 0 Å². The first kappa shape index (κ1) is 19.4. The van der Waals surface area contributed by atoms with E-state index in [1.807, 2.05) is 23.1 Å². The maximum Gasteiger partial charge on any atom is 0.419 e. The van der Waals surface area contributed by atoms with E-state index in [0.29, 0.717) is 49.6 Å². The molecule has 0 spiro atoms. The molecule has 1 aromatic heterocycles. The van der Waals surface area contributed by atoms with Gasteiger partial charge in [0.25, 0.3) is 0 Å². The second-order valence-electron chi connectivity index (χ2n) is 7.02. The molecular formula is C21H18F4N2O2. The van der Waals surface area contributed by atoms with Gasteiger partial charge in [0.1, 0.15) is 11.4 Å². The van der Waals surface area contributed by atoms with E-state index in [0.717, 1.165) is 17.5 Å². The molecule has 1 aliphatic rings. The fourth-order valence-corrected chi connectivity index (χ4v) is 3.55. The third kappa shape index (κ3) is 4.12. The standard InChI is InChI=1S/C21H18F4N2O2/c22-18-6-5-16(12-17(18)21(23,24)25)27-9-7-26(8-10-27)13-15-11-14-3-1-2-4-19(14)29-20(15)28/h1-6,11-12H,7-10,13H2. The number of piperazine rings is 1. The normalized spacial score (nSPS) is 15.8. The molecule has 2 aromatic carbocycles. The van der Waals surface area contributed by atoms with Crippen LogP contribution in [-0.2, 0) is 12.7 Å². The zero-order valence-corrected chi connectivity index (χ0v) is 15.4. The van der Waals surface area contributed by atoms with E-state index in [-0.39, 0.29) is 5.63 Å². The van der Waals surface area contributed by atoms with Gasteiger partial charge in [-0.25, -0.2) is 9.18 Å². The van der Waals surface area contributed by atoms with Crippen molar-refractivity contribution in [2.75, 3.05) is 31.1 Å². The Bertz CT molecular complexity index is 1090. The Kier molecular flexibility index (Phi) is 5.04. The van der Waals surface area contributed by atoms with Crippen molar-refractivity contribution in [2.24, 2.45) is 0 Å². The lowest BCUT2D eigenvalue weighted by atomic mass is 10.1. The molecule has 0 unspecified atom stereocenters. The van der Waals surface area contributed by atoms with Crippen LogP contribution in [0.15, 0.2) is 57.7 Å². The molecule has 0 bridgehead atoms. The van der Waals surface area contributed by atoms with Gasteiger partial charge in [-0.2, -0.15) is 13.2 Å². The molecule has 29 heavy (non-hydrogen) atoms. The summed E-state index contributed by atoms with van der Waals surface area (Å²) in [5.74, 6) is -1.28. The Labute approximate surface area is 164 Å². The lowest BCUT2D eigenvalue weighted by Crippen LogP contribution is -2.46. The van der Waals surface area contributed by atoms with Gasteiger partial charge in [0, 0.05) is 43.8 Å². The topological polar surface area (TPSA) is 36.7 Å². The molecule has 0 atom stereocenters. The highest BCUT2D eigenvalue weighted by molar-refractivity contribution is 5.76.